The number of likely N-dealkylation sites (N-methyl/N-ethyl adjacent to an activating group) is 1. The van der Waals surface area contributed by atoms with E-state index in [0.717, 1.165) is 26.0 Å². The van der Waals surface area contributed by atoms with Gasteiger partial charge >= 0.3 is 0 Å². The van der Waals surface area contributed by atoms with Crippen LogP contribution in [0.5, 0.6) is 0 Å². The van der Waals surface area contributed by atoms with Crippen molar-refractivity contribution in [3.8, 4) is 0 Å². The largest absolute Gasteiger partial charge is 0.317 e. The third kappa shape index (κ3) is 2.30. The first-order chi connectivity index (χ1) is 4.43. The lowest BCUT2D eigenvalue weighted by Crippen LogP contribution is -2.30. The highest BCUT2D eigenvalue weighted by Crippen LogP contribution is 2.08. The van der Waals surface area contributed by atoms with Crippen molar-refractivity contribution >= 4 is 0 Å². The van der Waals surface area contributed by atoms with Gasteiger partial charge in [0.1, 0.15) is 6.10 Å². The van der Waals surface area contributed by atoms with E-state index < -0.39 is 0 Å². The van der Waals surface area contributed by atoms with Gasteiger partial charge in [0.2, 0.25) is 0 Å². The SMILES string of the molecule is CNCC1CCCOO1. The summed E-state index contributed by atoms with van der Waals surface area (Å²) < 4.78 is 0. The van der Waals surface area contributed by atoms with E-state index >= 15 is 0 Å². The second-order valence-corrected chi connectivity index (χ2v) is 2.24. The van der Waals surface area contributed by atoms with Gasteiger partial charge in [0, 0.05) is 6.54 Å². The van der Waals surface area contributed by atoms with Gasteiger partial charge in [-0.3, -0.25) is 0 Å². The zero-order valence-corrected chi connectivity index (χ0v) is 5.72. The topological polar surface area (TPSA) is 30.5 Å². The molecule has 1 rings (SSSR count). The second-order valence-electron chi connectivity index (χ2n) is 2.24. The molecule has 0 aliphatic carbocycles. The molecule has 0 aromatic heterocycles. The van der Waals surface area contributed by atoms with Gasteiger partial charge in [-0.2, -0.15) is 0 Å². The second kappa shape index (κ2) is 3.82. The molecule has 0 aromatic rings. The van der Waals surface area contributed by atoms with Crippen molar-refractivity contribution in [1.29, 1.82) is 0 Å². The van der Waals surface area contributed by atoms with Gasteiger partial charge in [-0.1, -0.05) is 0 Å². The fraction of sp³-hybridized carbons (Fsp3) is 1.00. The lowest BCUT2D eigenvalue weighted by Gasteiger charge is -2.20. The van der Waals surface area contributed by atoms with Crippen LogP contribution < -0.4 is 5.32 Å². The lowest BCUT2D eigenvalue weighted by atomic mass is 10.2. The zero-order chi connectivity index (χ0) is 6.53. The maximum absolute atomic E-state index is 4.96. The van der Waals surface area contributed by atoms with E-state index in [1.807, 2.05) is 7.05 Å². The smallest absolute Gasteiger partial charge is 0.105 e. The first-order valence-electron chi connectivity index (χ1n) is 3.36. The third-order valence-corrected chi connectivity index (χ3v) is 1.39. The van der Waals surface area contributed by atoms with E-state index in [4.69, 9.17) is 9.78 Å². The molecule has 0 radical (unpaired) electrons. The predicted octanol–water partition coefficient (Wildman–Crippen LogP) is 0.316. The van der Waals surface area contributed by atoms with Crippen LogP contribution in [0, 0.1) is 0 Å². The number of nitrogens with one attached hydrogen (secondary N) is 1. The van der Waals surface area contributed by atoms with E-state index in [0.29, 0.717) is 0 Å². The first-order valence-corrected chi connectivity index (χ1v) is 3.36. The fourth-order valence-electron chi connectivity index (χ4n) is 0.926. The Labute approximate surface area is 55.3 Å². The van der Waals surface area contributed by atoms with Crippen LogP contribution in [0.15, 0.2) is 0 Å². The van der Waals surface area contributed by atoms with Crippen LogP contribution in [0.25, 0.3) is 0 Å². The monoisotopic (exact) mass is 131 g/mol. The Morgan fingerprint density at radius 2 is 2.56 bits per heavy atom. The molecular formula is C6H13NO2. The molecule has 3 heteroatoms. The summed E-state index contributed by atoms with van der Waals surface area (Å²) in [5.41, 5.74) is 0. The van der Waals surface area contributed by atoms with Crippen LogP contribution in [0.1, 0.15) is 12.8 Å². The Balaban J connectivity index is 2.08. The molecule has 0 aromatic carbocycles. The molecular weight excluding hydrogens is 118 g/mol. The van der Waals surface area contributed by atoms with Gasteiger partial charge in [0.15, 0.2) is 0 Å². The molecule has 0 spiro atoms. The van der Waals surface area contributed by atoms with Crippen molar-refractivity contribution < 1.29 is 9.78 Å². The van der Waals surface area contributed by atoms with Crippen molar-refractivity contribution in [2.75, 3.05) is 20.2 Å². The van der Waals surface area contributed by atoms with E-state index in [9.17, 15) is 0 Å². The van der Waals surface area contributed by atoms with Gasteiger partial charge in [-0.25, -0.2) is 9.78 Å². The molecule has 0 bridgehead atoms. The van der Waals surface area contributed by atoms with Crippen molar-refractivity contribution in [2.45, 2.75) is 18.9 Å². The minimum atomic E-state index is 0.267. The summed E-state index contributed by atoms with van der Waals surface area (Å²) in [6.07, 6.45) is 2.50. The van der Waals surface area contributed by atoms with E-state index in [-0.39, 0.29) is 6.10 Å². The average molecular weight is 131 g/mol. The molecule has 1 unspecified atom stereocenters. The lowest BCUT2D eigenvalue weighted by molar-refractivity contribution is -0.342. The molecule has 1 aliphatic heterocycles. The average Bonchev–Trinajstić information content (AvgIpc) is 1.91. The van der Waals surface area contributed by atoms with Gasteiger partial charge < -0.3 is 5.32 Å². The summed E-state index contributed by atoms with van der Waals surface area (Å²) in [6, 6.07) is 0. The summed E-state index contributed by atoms with van der Waals surface area (Å²) in [7, 11) is 1.91. The summed E-state index contributed by atoms with van der Waals surface area (Å²) >= 11 is 0. The van der Waals surface area contributed by atoms with E-state index in [1.54, 1.807) is 0 Å². The highest BCUT2D eigenvalue weighted by molar-refractivity contribution is 4.60. The molecule has 1 saturated heterocycles. The molecule has 0 amide bonds. The molecule has 1 N–H and O–H groups in total. The Hall–Kier alpha value is -0.120. The number of hydrogen-bond donors (Lipinski definition) is 1. The highest BCUT2D eigenvalue weighted by atomic mass is 17.2. The van der Waals surface area contributed by atoms with Crippen LogP contribution in [0.2, 0.25) is 0 Å². The molecule has 1 fully saturated rings. The molecule has 54 valence electrons. The quantitative estimate of drug-likeness (QED) is 0.547. The predicted molar refractivity (Wildman–Crippen MR) is 34.0 cm³/mol. The van der Waals surface area contributed by atoms with Crippen molar-refractivity contribution in [3.63, 3.8) is 0 Å². The Morgan fingerprint density at radius 3 is 3.11 bits per heavy atom. The molecule has 1 heterocycles. The molecule has 1 aliphatic rings. The van der Waals surface area contributed by atoms with E-state index in [2.05, 4.69) is 5.32 Å². The molecule has 3 nitrogen and oxygen atoms in total. The summed E-state index contributed by atoms with van der Waals surface area (Å²) in [5.74, 6) is 0. The maximum Gasteiger partial charge on any atom is 0.105 e. The fourth-order valence-corrected chi connectivity index (χ4v) is 0.926. The van der Waals surface area contributed by atoms with Crippen molar-refractivity contribution in [2.24, 2.45) is 0 Å². The summed E-state index contributed by atoms with van der Waals surface area (Å²) in [4.78, 5) is 9.75. The van der Waals surface area contributed by atoms with Gasteiger partial charge in [-0.15, -0.1) is 0 Å². The summed E-state index contributed by atoms with van der Waals surface area (Å²) in [6.45, 7) is 1.64. The van der Waals surface area contributed by atoms with Crippen LogP contribution in [0.3, 0.4) is 0 Å². The van der Waals surface area contributed by atoms with Gasteiger partial charge in [0.05, 0.1) is 6.61 Å². The van der Waals surface area contributed by atoms with Crippen molar-refractivity contribution in [3.05, 3.63) is 0 Å². The molecule has 1 atom stereocenters. The normalized spacial score (nSPS) is 28.3. The van der Waals surface area contributed by atoms with Gasteiger partial charge in [-0.05, 0) is 19.9 Å². The Bertz CT molecular complexity index is 68.7. The van der Waals surface area contributed by atoms with Gasteiger partial charge in [0.25, 0.3) is 0 Å². The summed E-state index contributed by atoms with van der Waals surface area (Å²) in [5, 5.41) is 3.03. The maximum atomic E-state index is 4.96. The third-order valence-electron chi connectivity index (χ3n) is 1.39. The standard InChI is InChI=1S/C6H13NO2/c1-7-5-6-3-2-4-8-9-6/h6-7H,2-5H2,1H3. The number of hydrogen-bond acceptors (Lipinski definition) is 3. The van der Waals surface area contributed by atoms with Crippen LogP contribution in [-0.4, -0.2) is 26.3 Å². The van der Waals surface area contributed by atoms with Crippen LogP contribution in [0.4, 0.5) is 0 Å². The zero-order valence-electron chi connectivity index (χ0n) is 5.72. The van der Waals surface area contributed by atoms with E-state index in [1.165, 1.54) is 0 Å². The highest BCUT2D eigenvalue weighted by Gasteiger charge is 2.12. The molecule has 0 saturated carbocycles. The minimum Gasteiger partial charge on any atom is -0.317 e. The van der Waals surface area contributed by atoms with Crippen molar-refractivity contribution in [1.82, 2.24) is 5.32 Å². The Kier molecular flexibility index (Phi) is 2.97. The van der Waals surface area contributed by atoms with Crippen LogP contribution in [-0.2, 0) is 9.78 Å². The first kappa shape index (κ1) is 6.99. The minimum absolute atomic E-state index is 0.267. The molecule has 9 heavy (non-hydrogen) atoms. The number of rotatable bonds is 2. The Morgan fingerprint density at radius 1 is 1.67 bits per heavy atom. The van der Waals surface area contributed by atoms with Crippen LogP contribution >= 0.6 is 0 Å².